The summed E-state index contributed by atoms with van der Waals surface area (Å²) in [5, 5.41) is 0. The highest BCUT2D eigenvalue weighted by molar-refractivity contribution is 4.87. The average molecular weight is 175 g/mol. The monoisotopic (exact) mass is 175 g/mol. The zero-order valence-corrected chi connectivity index (χ0v) is 7.68. The van der Waals surface area contributed by atoms with E-state index >= 15 is 0 Å². The summed E-state index contributed by atoms with van der Waals surface area (Å²) in [6, 6.07) is 0. The SMILES string of the molecule is CCC(F)(CN)C1CCOCC1. The fraction of sp³-hybridized carbons (Fsp3) is 1.00. The van der Waals surface area contributed by atoms with Gasteiger partial charge in [-0.2, -0.15) is 0 Å². The minimum atomic E-state index is -1.15. The first-order chi connectivity index (χ1) is 5.73. The first-order valence-electron chi connectivity index (χ1n) is 4.69. The molecule has 1 aliphatic heterocycles. The van der Waals surface area contributed by atoms with Gasteiger partial charge < -0.3 is 10.5 Å². The van der Waals surface area contributed by atoms with E-state index in [1.54, 1.807) is 0 Å². The number of hydrogen-bond acceptors (Lipinski definition) is 2. The van der Waals surface area contributed by atoms with Crippen LogP contribution in [-0.4, -0.2) is 25.4 Å². The Morgan fingerprint density at radius 2 is 2.08 bits per heavy atom. The predicted octanol–water partition coefficient (Wildman–Crippen LogP) is 1.49. The molecule has 3 heteroatoms. The van der Waals surface area contributed by atoms with Crippen LogP contribution < -0.4 is 5.73 Å². The zero-order chi connectivity index (χ0) is 9.03. The minimum absolute atomic E-state index is 0.112. The molecule has 0 spiro atoms. The highest BCUT2D eigenvalue weighted by Gasteiger charge is 2.36. The Morgan fingerprint density at radius 1 is 1.50 bits per heavy atom. The molecule has 1 aliphatic rings. The highest BCUT2D eigenvalue weighted by Crippen LogP contribution is 2.32. The Kier molecular flexibility index (Phi) is 3.47. The van der Waals surface area contributed by atoms with Gasteiger partial charge in [0.2, 0.25) is 0 Å². The molecule has 2 nitrogen and oxygen atoms in total. The van der Waals surface area contributed by atoms with Crippen molar-refractivity contribution < 1.29 is 9.13 Å². The van der Waals surface area contributed by atoms with Gasteiger partial charge in [0.15, 0.2) is 0 Å². The van der Waals surface area contributed by atoms with Gasteiger partial charge >= 0.3 is 0 Å². The van der Waals surface area contributed by atoms with Crippen LogP contribution >= 0.6 is 0 Å². The lowest BCUT2D eigenvalue weighted by molar-refractivity contribution is -0.00907. The van der Waals surface area contributed by atoms with Gasteiger partial charge in [0.25, 0.3) is 0 Å². The molecule has 0 aliphatic carbocycles. The quantitative estimate of drug-likeness (QED) is 0.705. The van der Waals surface area contributed by atoms with E-state index in [9.17, 15) is 4.39 Å². The number of nitrogens with two attached hydrogens (primary N) is 1. The van der Waals surface area contributed by atoms with Crippen molar-refractivity contribution in [2.45, 2.75) is 31.9 Å². The maximum Gasteiger partial charge on any atom is 0.125 e. The van der Waals surface area contributed by atoms with Crippen LogP contribution in [0.15, 0.2) is 0 Å². The Hall–Kier alpha value is -0.150. The molecule has 1 unspecified atom stereocenters. The van der Waals surface area contributed by atoms with Crippen LogP contribution in [0.1, 0.15) is 26.2 Å². The molecule has 1 fully saturated rings. The van der Waals surface area contributed by atoms with E-state index in [1.165, 1.54) is 0 Å². The van der Waals surface area contributed by atoms with Crippen LogP contribution in [0, 0.1) is 5.92 Å². The van der Waals surface area contributed by atoms with Gasteiger partial charge in [-0.25, -0.2) is 4.39 Å². The van der Waals surface area contributed by atoms with Crippen molar-refractivity contribution in [1.29, 1.82) is 0 Å². The van der Waals surface area contributed by atoms with Crippen molar-refractivity contribution in [1.82, 2.24) is 0 Å². The molecule has 0 aromatic heterocycles. The van der Waals surface area contributed by atoms with E-state index in [0.29, 0.717) is 19.6 Å². The second kappa shape index (κ2) is 4.19. The maximum absolute atomic E-state index is 14.0. The van der Waals surface area contributed by atoms with Gasteiger partial charge in [-0.3, -0.25) is 0 Å². The number of ether oxygens (including phenoxy) is 1. The lowest BCUT2D eigenvalue weighted by Crippen LogP contribution is -2.42. The second-order valence-corrected chi connectivity index (χ2v) is 3.48. The van der Waals surface area contributed by atoms with Crippen molar-refractivity contribution in [2.75, 3.05) is 19.8 Å². The summed E-state index contributed by atoms with van der Waals surface area (Å²) in [4.78, 5) is 0. The van der Waals surface area contributed by atoms with E-state index in [0.717, 1.165) is 12.8 Å². The van der Waals surface area contributed by atoms with Gasteiger partial charge in [-0.15, -0.1) is 0 Å². The molecule has 72 valence electrons. The van der Waals surface area contributed by atoms with E-state index in [4.69, 9.17) is 10.5 Å². The summed E-state index contributed by atoms with van der Waals surface area (Å²) in [6.07, 6.45) is 2.16. The van der Waals surface area contributed by atoms with E-state index in [2.05, 4.69) is 0 Å². The number of rotatable bonds is 3. The highest BCUT2D eigenvalue weighted by atomic mass is 19.1. The van der Waals surface area contributed by atoms with Crippen LogP contribution in [0.5, 0.6) is 0 Å². The van der Waals surface area contributed by atoms with Gasteiger partial charge in [0.05, 0.1) is 0 Å². The third kappa shape index (κ3) is 1.96. The Labute approximate surface area is 73.3 Å². The molecule has 0 radical (unpaired) electrons. The van der Waals surface area contributed by atoms with Gasteiger partial charge in [-0.1, -0.05) is 6.92 Å². The van der Waals surface area contributed by atoms with Crippen LogP contribution in [0.25, 0.3) is 0 Å². The van der Waals surface area contributed by atoms with E-state index < -0.39 is 5.67 Å². The predicted molar refractivity (Wildman–Crippen MR) is 46.7 cm³/mol. The summed E-state index contributed by atoms with van der Waals surface area (Å²) in [5.74, 6) is 0.112. The van der Waals surface area contributed by atoms with E-state index in [1.807, 2.05) is 6.92 Å². The fourth-order valence-corrected chi connectivity index (χ4v) is 1.81. The second-order valence-electron chi connectivity index (χ2n) is 3.48. The normalized spacial score (nSPS) is 25.2. The molecule has 1 rings (SSSR count). The summed E-state index contributed by atoms with van der Waals surface area (Å²) < 4.78 is 19.1. The molecule has 2 N–H and O–H groups in total. The summed E-state index contributed by atoms with van der Waals surface area (Å²) in [6.45, 7) is 3.39. The lowest BCUT2D eigenvalue weighted by Gasteiger charge is -2.34. The molecule has 0 aromatic carbocycles. The van der Waals surface area contributed by atoms with Crippen molar-refractivity contribution in [3.8, 4) is 0 Å². The topological polar surface area (TPSA) is 35.2 Å². The largest absolute Gasteiger partial charge is 0.381 e. The average Bonchev–Trinajstić information content (AvgIpc) is 2.18. The molecule has 0 amide bonds. The van der Waals surface area contributed by atoms with Crippen molar-refractivity contribution in [3.63, 3.8) is 0 Å². The Bertz CT molecular complexity index is 130. The van der Waals surface area contributed by atoms with Crippen molar-refractivity contribution >= 4 is 0 Å². The maximum atomic E-state index is 14.0. The summed E-state index contributed by atoms with van der Waals surface area (Å²) in [5.41, 5.74) is 4.28. The molecular formula is C9H18FNO. The van der Waals surface area contributed by atoms with Crippen LogP contribution in [0.4, 0.5) is 4.39 Å². The first kappa shape index (κ1) is 9.93. The van der Waals surface area contributed by atoms with Crippen LogP contribution in [0.3, 0.4) is 0 Å². The van der Waals surface area contributed by atoms with Crippen molar-refractivity contribution in [3.05, 3.63) is 0 Å². The molecule has 12 heavy (non-hydrogen) atoms. The molecule has 1 atom stereocenters. The Balaban J connectivity index is 2.51. The smallest absolute Gasteiger partial charge is 0.125 e. The third-order valence-corrected chi connectivity index (χ3v) is 2.88. The minimum Gasteiger partial charge on any atom is -0.381 e. The molecule has 0 saturated carbocycles. The molecule has 1 heterocycles. The molecular weight excluding hydrogens is 157 g/mol. The van der Waals surface area contributed by atoms with Crippen LogP contribution in [-0.2, 0) is 4.74 Å². The zero-order valence-electron chi connectivity index (χ0n) is 7.68. The number of alkyl halides is 1. The standard InChI is InChI=1S/C9H18FNO/c1-2-9(10,7-11)8-3-5-12-6-4-8/h8H,2-7,11H2,1H3. The van der Waals surface area contributed by atoms with Gasteiger partial charge in [0.1, 0.15) is 5.67 Å². The van der Waals surface area contributed by atoms with Gasteiger partial charge in [-0.05, 0) is 25.2 Å². The molecule has 1 saturated heterocycles. The van der Waals surface area contributed by atoms with Gasteiger partial charge in [0, 0.05) is 19.8 Å². The lowest BCUT2D eigenvalue weighted by atomic mass is 9.81. The number of halogens is 1. The first-order valence-corrected chi connectivity index (χ1v) is 4.69. The molecule has 0 bridgehead atoms. The summed E-state index contributed by atoms with van der Waals surface area (Å²) >= 11 is 0. The third-order valence-electron chi connectivity index (χ3n) is 2.88. The summed E-state index contributed by atoms with van der Waals surface area (Å²) in [7, 11) is 0. The molecule has 0 aromatic rings. The Morgan fingerprint density at radius 3 is 2.50 bits per heavy atom. The van der Waals surface area contributed by atoms with Crippen molar-refractivity contribution in [2.24, 2.45) is 11.7 Å². The number of hydrogen-bond donors (Lipinski definition) is 1. The van der Waals surface area contributed by atoms with E-state index in [-0.39, 0.29) is 12.5 Å². The fourth-order valence-electron chi connectivity index (χ4n) is 1.81. The van der Waals surface area contributed by atoms with Crippen LogP contribution in [0.2, 0.25) is 0 Å².